The van der Waals surface area contributed by atoms with E-state index in [0.717, 1.165) is 11.1 Å². The predicted octanol–water partition coefficient (Wildman–Crippen LogP) is 4.80. The summed E-state index contributed by atoms with van der Waals surface area (Å²) in [5.41, 5.74) is 3.65. The molecule has 39 heavy (non-hydrogen) atoms. The molecule has 3 aromatic carbocycles. The highest BCUT2D eigenvalue weighted by atomic mass is 16.5. The SMILES string of the molecule is COc1cccc(CNC(=O)c2ccccc2-c2ccccc2C(=O)N(CCC(=O)O)Cc2cccnc2)c1. The number of carboxylic acid groups (broad SMARTS) is 1. The maximum Gasteiger partial charge on any atom is 0.305 e. The van der Waals surface area contributed by atoms with E-state index in [0.29, 0.717) is 34.5 Å². The van der Waals surface area contributed by atoms with Crippen LogP contribution in [0.3, 0.4) is 0 Å². The van der Waals surface area contributed by atoms with E-state index in [-0.39, 0.29) is 31.3 Å². The number of hydrogen-bond donors (Lipinski definition) is 2. The Morgan fingerprint density at radius 2 is 1.56 bits per heavy atom. The number of carboxylic acids is 1. The molecule has 0 saturated carbocycles. The first-order valence-electron chi connectivity index (χ1n) is 12.5. The summed E-state index contributed by atoms with van der Waals surface area (Å²) in [7, 11) is 1.59. The number of pyridine rings is 1. The molecule has 0 aliphatic rings. The summed E-state index contributed by atoms with van der Waals surface area (Å²) in [6, 6.07) is 25.2. The summed E-state index contributed by atoms with van der Waals surface area (Å²) < 4.78 is 5.26. The molecule has 198 valence electrons. The molecular weight excluding hydrogens is 494 g/mol. The third-order valence-electron chi connectivity index (χ3n) is 6.19. The fourth-order valence-corrected chi connectivity index (χ4v) is 4.25. The van der Waals surface area contributed by atoms with Gasteiger partial charge in [0.1, 0.15) is 5.75 Å². The summed E-state index contributed by atoms with van der Waals surface area (Å²) in [5.74, 6) is -0.908. The van der Waals surface area contributed by atoms with Gasteiger partial charge in [-0.2, -0.15) is 0 Å². The van der Waals surface area contributed by atoms with Crippen LogP contribution in [0.4, 0.5) is 0 Å². The fourth-order valence-electron chi connectivity index (χ4n) is 4.25. The van der Waals surface area contributed by atoms with Crippen LogP contribution in [0.2, 0.25) is 0 Å². The van der Waals surface area contributed by atoms with Crippen molar-refractivity contribution in [2.75, 3.05) is 13.7 Å². The third-order valence-corrected chi connectivity index (χ3v) is 6.19. The molecule has 2 amide bonds. The van der Waals surface area contributed by atoms with Crippen LogP contribution in [-0.2, 0) is 17.9 Å². The van der Waals surface area contributed by atoms with E-state index in [4.69, 9.17) is 4.74 Å². The number of benzene rings is 3. The van der Waals surface area contributed by atoms with E-state index in [2.05, 4.69) is 10.3 Å². The second kappa shape index (κ2) is 13.0. The number of hydrogen-bond acceptors (Lipinski definition) is 5. The number of nitrogens with one attached hydrogen (secondary N) is 1. The summed E-state index contributed by atoms with van der Waals surface area (Å²) in [5, 5.41) is 12.2. The van der Waals surface area contributed by atoms with E-state index < -0.39 is 5.97 Å². The monoisotopic (exact) mass is 523 g/mol. The van der Waals surface area contributed by atoms with Gasteiger partial charge in [0.2, 0.25) is 0 Å². The van der Waals surface area contributed by atoms with Gasteiger partial charge in [-0.05, 0) is 52.6 Å². The first kappa shape index (κ1) is 27.1. The standard InChI is InChI=1S/C31H29N3O5/c1-39-24-10-6-8-22(18-24)20-33-30(37)27-13-4-2-11-25(27)26-12-3-5-14-28(26)31(38)34(17-15-29(35)36)21-23-9-7-16-32-19-23/h2-14,16,18-19H,15,17,20-21H2,1H3,(H,33,37)(H,35,36). The number of rotatable bonds is 11. The van der Waals surface area contributed by atoms with Crippen LogP contribution >= 0.6 is 0 Å². The molecule has 0 atom stereocenters. The Morgan fingerprint density at radius 1 is 0.872 bits per heavy atom. The number of ether oxygens (including phenoxy) is 1. The smallest absolute Gasteiger partial charge is 0.305 e. The van der Waals surface area contributed by atoms with Crippen molar-refractivity contribution < 1.29 is 24.2 Å². The first-order valence-corrected chi connectivity index (χ1v) is 12.5. The molecule has 0 radical (unpaired) electrons. The third kappa shape index (κ3) is 7.07. The number of aliphatic carboxylic acids is 1. The molecule has 0 bridgehead atoms. The van der Waals surface area contributed by atoms with Gasteiger partial charge in [0.05, 0.1) is 13.5 Å². The minimum absolute atomic E-state index is 0.0278. The highest BCUT2D eigenvalue weighted by Gasteiger charge is 2.23. The van der Waals surface area contributed by atoms with Gasteiger partial charge >= 0.3 is 5.97 Å². The highest BCUT2D eigenvalue weighted by Crippen LogP contribution is 2.29. The van der Waals surface area contributed by atoms with Crippen molar-refractivity contribution in [2.45, 2.75) is 19.5 Å². The van der Waals surface area contributed by atoms with Gasteiger partial charge in [-0.15, -0.1) is 0 Å². The van der Waals surface area contributed by atoms with Crippen molar-refractivity contribution in [2.24, 2.45) is 0 Å². The van der Waals surface area contributed by atoms with E-state index in [1.54, 1.807) is 68.0 Å². The highest BCUT2D eigenvalue weighted by molar-refractivity contribution is 6.06. The molecule has 0 saturated heterocycles. The van der Waals surface area contributed by atoms with Gasteiger partial charge in [-0.1, -0.05) is 54.6 Å². The van der Waals surface area contributed by atoms with Crippen LogP contribution in [0.1, 0.15) is 38.3 Å². The summed E-state index contributed by atoms with van der Waals surface area (Å²) in [4.78, 5) is 44.0. The lowest BCUT2D eigenvalue weighted by Gasteiger charge is -2.24. The van der Waals surface area contributed by atoms with E-state index >= 15 is 0 Å². The molecule has 8 nitrogen and oxygen atoms in total. The second-order valence-electron chi connectivity index (χ2n) is 8.86. The van der Waals surface area contributed by atoms with Crippen LogP contribution in [0, 0.1) is 0 Å². The maximum absolute atomic E-state index is 13.8. The zero-order chi connectivity index (χ0) is 27.6. The van der Waals surface area contributed by atoms with Gasteiger partial charge in [0, 0.05) is 43.2 Å². The van der Waals surface area contributed by atoms with Crippen LogP contribution in [0.15, 0.2) is 97.3 Å². The van der Waals surface area contributed by atoms with Gasteiger partial charge in [-0.25, -0.2) is 0 Å². The van der Waals surface area contributed by atoms with Gasteiger partial charge < -0.3 is 20.1 Å². The molecule has 1 heterocycles. The lowest BCUT2D eigenvalue weighted by atomic mass is 9.94. The Labute approximate surface area is 226 Å². The normalized spacial score (nSPS) is 10.5. The van der Waals surface area contributed by atoms with Crippen LogP contribution < -0.4 is 10.1 Å². The molecule has 0 aliphatic carbocycles. The molecule has 1 aromatic heterocycles. The minimum atomic E-state index is -0.995. The second-order valence-corrected chi connectivity index (χ2v) is 8.86. The van der Waals surface area contributed by atoms with Crippen molar-refractivity contribution in [3.63, 3.8) is 0 Å². The zero-order valence-electron chi connectivity index (χ0n) is 21.5. The average Bonchev–Trinajstić information content (AvgIpc) is 2.98. The van der Waals surface area contributed by atoms with Crippen molar-refractivity contribution >= 4 is 17.8 Å². The summed E-state index contributed by atoms with van der Waals surface area (Å²) >= 11 is 0. The summed E-state index contributed by atoms with van der Waals surface area (Å²) in [6.07, 6.45) is 3.09. The first-order chi connectivity index (χ1) is 19.0. The number of aromatic nitrogens is 1. The van der Waals surface area contributed by atoms with Gasteiger partial charge in [-0.3, -0.25) is 19.4 Å². The molecular formula is C31H29N3O5. The summed E-state index contributed by atoms with van der Waals surface area (Å²) in [6.45, 7) is 0.538. The van der Waals surface area contributed by atoms with E-state index in [9.17, 15) is 19.5 Å². The fraction of sp³-hybridized carbons (Fsp3) is 0.161. The number of nitrogens with zero attached hydrogens (tertiary/aromatic N) is 2. The largest absolute Gasteiger partial charge is 0.497 e. The molecule has 2 N–H and O–H groups in total. The quantitative estimate of drug-likeness (QED) is 0.292. The minimum Gasteiger partial charge on any atom is -0.497 e. The van der Waals surface area contributed by atoms with E-state index in [1.807, 2.05) is 36.4 Å². The Morgan fingerprint density at radius 3 is 2.26 bits per heavy atom. The predicted molar refractivity (Wildman–Crippen MR) is 147 cm³/mol. The van der Waals surface area contributed by atoms with Gasteiger partial charge in [0.25, 0.3) is 11.8 Å². The Balaban J connectivity index is 1.63. The molecule has 0 fully saturated rings. The van der Waals surface area contributed by atoms with Crippen molar-refractivity contribution in [1.29, 1.82) is 0 Å². The average molecular weight is 524 g/mol. The van der Waals surface area contributed by atoms with Crippen LogP contribution in [-0.4, -0.2) is 46.4 Å². The van der Waals surface area contributed by atoms with Gasteiger partial charge in [0.15, 0.2) is 0 Å². The Hall–Kier alpha value is -4.98. The lowest BCUT2D eigenvalue weighted by molar-refractivity contribution is -0.137. The Bertz CT molecular complexity index is 1460. The van der Waals surface area contributed by atoms with E-state index in [1.165, 1.54) is 4.90 Å². The number of methoxy groups -OCH3 is 1. The van der Waals surface area contributed by atoms with Crippen LogP contribution in [0.25, 0.3) is 11.1 Å². The topological polar surface area (TPSA) is 109 Å². The molecule has 4 aromatic rings. The number of amides is 2. The number of carbonyl (C=O) groups is 3. The maximum atomic E-state index is 13.8. The molecule has 0 spiro atoms. The zero-order valence-corrected chi connectivity index (χ0v) is 21.5. The molecule has 0 unspecified atom stereocenters. The van der Waals surface area contributed by atoms with Crippen molar-refractivity contribution in [3.05, 3.63) is 120 Å². The number of carbonyl (C=O) groups excluding carboxylic acids is 2. The van der Waals surface area contributed by atoms with Crippen LogP contribution in [0.5, 0.6) is 5.75 Å². The lowest BCUT2D eigenvalue weighted by Crippen LogP contribution is -2.33. The van der Waals surface area contributed by atoms with Crippen molar-refractivity contribution in [3.8, 4) is 16.9 Å². The molecule has 0 aliphatic heterocycles. The molecule has 4 rings (SSSR count). The van der Waals surface area contributed by atoms with Crippen molar-refractivity contribution in [1.82, 2.24) is 15.2 Å². The Kier molecular flexibility index (Phi) is 9.03. The molecule has 8 heteroatoms.